The summed E-state index contributed by atoms with van der Waals surface area (Å²) < 4.78 is 11.3. The molecule has 3 aromatic rings. The van der Waals surface area contributed by atoms with E-state index in [9.17, 15) is 9.59 Å². The number of nitrogens with zero attached hydrogens (tertiary/aromatic N) is 3. The van der Waals surface area contributed by atoms with Crippen LogP contribution in [0.25, 0.3) is 11.7 Å². The molecule has 140 valence electrons. The van der Waals surface area contributed by atoms with Gasteiger partial charge in [0.05, 0.1) is 6.26 Å². The summed E-state index contributed by atoms with van der Waals surface area (Å²) in [5.41, 5.74) is 1.34. The molecule has 0 aliphatic carbocycles. The molecule has 7 nitrogen and oxygen atoms in total. The van der Waals surface area contributed by atoms with Gasteiger partial charge in [0.25, 0.3) is 5.89 Å². The third-order valence-electron chi connectivity index (χ3n) is 4.96. The summed E-state index contributed by atoms with van der Waals surface area (Å²) in [4.78, 5) is 26.3. The van der Waals surface area contributed by atoms with E-state index in [0.717, 1.165) is 23.9 Å². The largest absolute Gasteiger partial charge is 0.459 e. The van der Waals surface area contributed by atoms with Gasteiger partial charge in [0.15, 0.2) is 5.76 Å². The van der Waals surface area contributed by atoms with Crippen molar-refractivity contribution < 1.29 is 13.6 Å². The van der Waals surface area contributed by atoms with Crippen molar-refractivity contribution in [2.45, 2.75) is 25.8 Å². The molecule has 0 saturated carbocycles. The molecule has 3 heterocycles. The van der Waals surface area contributed by atoms with Gasteiger partial charge in [-0.1, -0.05) is 30.3 Å². The van der Waals surface area contributed by atoms with Crippen molar-refractivity contribution in [1.82, 2.24) is 14.7 Å². The average Bonchev–Trinajstić information content (AvgIpc) is 3.34. The van der Waals surface area contributed by atoms with Crippen LogP contribution in [0.1, 0.15) is 18.4 Å². The van der Waals surface area contributed by atoms with Crippen molar-refractivity contribution >= 4 is 5.91 Å². The topological polar surface area (TPSA) is 81.5 Å². The number of carbonyl (C=O) groups is 1. The predicted octanol–water partition coefficient (Wildman–Crippen LogP) is 2.58. The molecule has 27 heavy (non-hydrogen) atoms. The van der Waals surface area contributed by atoms with Gasteiger partial charge < -0.3 is 13.7 Å². The number of benzene rings is 1. The van der Waals surface area contributed by atoms with E-state index in [4.69, 9.17) is 8.83 Å². The minimum Gasteiger partial charge on any atom is -0.459 e. The fourth-order valence-corrected chi connectivity index (χ4v) is 3.47. The number of hydrogen-bond donors (Lipinski definition) is 0. The Morgan fingerprint density at radius 2 is 1.89 bits per heavy atom. The van der Waals surface area contributed by atoms with Crippen molar-refractivity contribution in [3.8, 4) is 11.7 Å². The van der Waals surface area contributed by atoms with E-state index in [2.05, 4.69) is 29.4 Å². The summed E-state index contributed by atoms with van der Waals surface area (Å²) in [5.74, 6) is 0.249. The molecule has 1 amide bonds. The van der Waals surface area contributed by atoms with Gasteiger partial charge in [-0.25, -0.2) is 4.79 Å². The molecule has 0 radical (unpaired) electrons. The first-order valence-electron chi connectivity index (χ1n) is 9.12. The molecule has 1 aromatic carbocycles. The summed E-state index contributed by atoms with van der Waals surface area (Å²) in [5, 5.41) is 4.05. The van der Waals surface area contributed by atoms with Crippen LogP contribution in [-0.2, 0) is 17.8 Å². The second-order valence-corrected chi connectivity index (χ2v) is 6.82. The van der Waals surface area contributed by atoms with E-state index < -0.39 is 5.76 Å². The van der Waals surface area contributed by atoms with E-state index in [0.29, 0.717) is 24.8 Å². The van der Waals surface area contributed by atoms with Crippen LogP contribution in [0.3, 0.4) is 0 Å². The second kappa shape index (κ2) is 7.65. The maximum atomic E-state index is 12.5. The summed E-state index contributed by atoms with van der Waals surface area (Å²) in [6.07, 6.45) is 4.44. The molecule has 2 aromatic heterocycles. The number of amides is 1. The predicted molar refractivity (Wildman–Crippen MR) is 97.9 cm³/mol. The van der Waals surface area contributed by atoms with Crippen molar-refractivity contribution in [1.29, 1.82) is 0 Å². The zero-order chi connectivity index (χ0) is 18.6. The first-order chi connectivity index (χ1) is 13.2. The normalized spacial score (nSPS) is 15.2. The monoisotopic (exact) mass is 367 g/mol. The molecule has 0 unspecified atom stereocenters. The lowest BCUT2D eigenvalue weighted by Gasteiger charge is -2.32. The van der Waals surface area contributed by atoms with Gasteiger partial charge in [0, 0.05) is 13.1 Å². The smallest absolute Gasteiger partial charge is 0.437 e. The van der Waals surface area contributed by atoms with Crippen LogP contribution >= 0.6 is 0 Å². The SMILES string of the molecule is O=C(Cn1nc(-c2ccco2)oc1=O)N1CCC(Cc2ccccc2)CC1. The Labute approximate surface area is 156 Å². The molecule has 4 rings (SSSR count). The van der Waals surface area contributed by atoms with Crippen LogP contribution in [0, 0.1) is 5.92 Å². The van der Waals surface area contributed by atoms with Gasteiger partial charge in [0.1, 0.15) is 6.54 Å². The lowest BCUT2D eigenvalue weighted by molar-refractivity contribution is -0.133. The number of likely N-dealkylation sites (tertiary alicyclic amines) is 1. The van der Waals surface area contributed by atoms with Gasteiger partial charge in [0.2, 0.25) is 5.91 Å². The van der Waals surface area contributed by atoms with Gasteiger partial charge in [-0.2, -0.15) is 4.68 Å². The Morgan fingerprint density at radius 3 is 2.59 bits per heavy atom. The van der Waals surface area contributed by atoms with Crippen molar-refractivity contribution in [2.24, 2.45) is 5.92 Å². The molecule has 0 atom stereocenters. The minimum atomic E-state index is -0.659. The van der Waals surface area contributed by atoms with Crippen molar-refractivity contribution in [3.05, 3.63) is 64.8 Å². The molecule has 7 heteroatoms. The number of carbonyl (C=O) groups excluding carboxylic acids is 1. The summed E-state index contributed by atoms with van der Waals surface area (Å²) in [6.45, 7) is 1.29. The first-order valence-corrected chi connectivity index (χ1v) is 9.12. The number of piperidine rings is 1. The Bertz CT molecular complexity index is 935. The quantitative estimate of drug-likeness (QED) is 0.692. The van der Waals surface area contributed by atoms with Gasteiger partial charge in [-0.15, -0.1) is 5.10 Å². The number of hydrogen-bond acceptors (Lipinski definition) is 5. The maximum Gasteiger partial charge on any atom is 0.437 e. The third-order valence-corrected chi connectivity index (χ3v) is 4.96. The minimum absolute atomic E-state index is 0.0827. The molecule has 1 saturated heterocycles. The average molecular weight is 367 g/mol. The summed E-state index contributed by atoms with van der Waals surface area (Å²) in [6, 6.07) is 13.7. The Morgan fingerprint density at radius 1 is 1.11 bits per heavy atom. The lowest BCUT2D eigenvalue weighted by Crippen LogP contribution is -2.41. The van der Waals surface area contributed by atoms with E-state index in [1.165, 1.54) is 11.8 Å². The molecular formula is C20H21N3O4. The highest BCUT2D eigenvalue weighted by atomic mass is 16.4. The Hall–Kier alpha value is -3.09. The fourth-order valence-electron chi connectivity index (χ4n) is 3.47. The lowest BCUT2D eigenvalue weighted by atomic mass is 9.90. The van der Waals surface area contributed by atoms with Crippen LogP contribution in [0.4, 0.5) is 0 Å². The van der Waals surface area contributed by atoms with E-state index in [1.807, 2.05) is 6.07 Å². The highest BCUT2D eigenvalue weighted by Crippen LogP contribution is 2.22. The van der Waals surface area contributed by atoms with Crippen LogP contribution in [0.15, 0.2) is 62.4 Å². The zero-order valence-electron chi connectivity index (χ0n) is 14.9. The Balaban J connectivity index is 1.33. The van der Waals surface area contributed by atoms with Crippen LogP contribution in [-0.4, -0.2) is 33.7 Å². The fraction of sp³-hybridized carbons (Fsp3) is 0.350. The van der Waals surface area contributed by atoms with E-state index in [1.54, 1.807) is 17.0 Å². The van der Waals surface area contributed by atoms with Crippen molar-refractivity contribution in [2.75, 3.05) is 13.1 Å². The molecule has 1 aliphatic heterocycles. The second-order valence-electron chi connectivity index (χ2n) is 6.82. The number of rotatable bonds is 5. The highest BCUT2D eigenvalue weighted by Gasteiger charge is 2.24. The third kappa shape index (κ3) is 4.02. The molecule has 1 fully saturated rings. The van der Waals surface area contributed by atoms with Crippen molar-refractivity contribution in [3.63, 3.8) is 0 Å². The van der Waals surface area contributed by atoms with Gasteiger partial charge >= 0.3 is 5.76 Å². The maximum absolute atomic E-state index is 12.5. The number of furan rings is 1. The van der Waals surface area contributed by atoms with Crippen LogP contribution in [0.2, 0.25) is 0 Å². The number of aromatic nitrogens is 2. The van der Waals surface area contributed by atoms with Gasteiger partial charge in [-0.05, 0) is 42.9 Å². The molecular weight excluding hydrogens is 346 g/mol. The summed E-state index contributed by atoms with van der Waals surface area (Å²) >= 11 is 0. The highest BCUT2D eigenvalue weighted by molar-refractivity contribution is 5.76. The zero-order valence-corrected chi connectivity index (χ0v) is 14.9. The standard InChI is InChI=1S/C20H21N3O4/c24-18(14-23-20(25)27-19(21-23)17-7-4-12-26-17)22-10-8-16(9-11-22)13-15-5-2-1-3-6-15/h1-7,12,16H,8-11,13-14H2. The first kappa shape index (κ1) is 17.3. The van der Waals surface area contributed by atoms with Gasteiger partial charge in [-0.3, -0.25) is 4.79 Å². The van der Waals surface area contributed by atoms with E-state index in [-0.39, 0.29) is 18.3 Å². The molecule has 1 aliphatic rings. The Kier molecular flexibility index (Phi) is 4.91. The van der Waals surface area contributed by atoms with E-state index >= 15 is 0 Å². The van der Waals surface area contributed by atoms with Crippen LogP contribution in [0.5, 0.6) is 0 Å². The summed E-state index contributed by atoms with van der Waals surface area (Å²) in [7, 11) is 0. The van der Waals surface area contributed by atoms with Crippen LogP contribution < -0.4 is 5.76 Å². The molecule has 0 bridgehead atoms. The molecule has 0 N–H and O–H groups in total. The molecule has 0 spiro atoms.